The Labute approximate surface area is 186 Å². The van der Waals surface area contributed by atoms with Gasteiger partial charge in [-0.15, -0.1) is 10.3 Å². The number of hydrogen-bond acceptors (Lipinski definition) is 5. The summed E-state index contributed by atoms with van der Waals surface area (Å²) in [6, 6.07) is 10.7. The lowest BCUT2D eigenvalue weighted by Gasteiger charge is -2.33. The number of ether oxygens (including phenoxy) is 2. The van der Waals surface area contributed by atoms with Gasteiger partial charge in [0.1, 0.15) is 17.9 Å². The Morgan fingerprint density at radius 2 is 1.91 bits per heavy atom. The maximum atomic E-state index is 12.6. The summed E-state index contributed by atoms with van der Waals surface area (Å²) in [4.78, 5) is 19.5. The average molecular weight is 436 g/mol. The van der Waals surface area contributed by atoms with Gasteiger partial charge in [-0.2, -0.15) is 0 Å². The van der Waals surface area contributed by atoms with E-state index in [4.69, 9.17) is 15.2 Å². The largest absolute Gasteiger partial charge is 0.493 e. The number of imidazole rings is 1. The fraction of sp³-hybridized carbons (Fsp3) is 0.333. The van der Waals surface area contributed by atoms with Crippen LogP contribution < -0.4 is 15.2 Å². The van der Waals surface area contributed by atoms with Crippen LogP contribution in [0.4, 0.5) is 0 Å². The van der Waals surface area contributed by atoms with Crippen LogP contribution in [0.2, 0.25) is 0 Å². The molecule has 2 aromatic carbocycles. The number of primary amides is 1. The van der Waals surface area contributed by atoms with Gasteiger partial charge < -0.3 is 20.2 Å². The van der Waals surface area contributed by atoms with Gasteiger partial charge in [0.05, 0.1) is 29.3 Å². The number of aromatic nitrogens is 2. The summed E-state index contributed by atoms with van der Waals surface area (Å²) in [5.41, 5.74) is 7.52. The number of hydroxylamine groups is 2. The lowest BCUT2D eigenvalue weighted by Crippen LogP contribution is -2.47. The van der Waals surface area contributed by atoms with Crippen molar-refractivity contribution in [1.82, 2.24) is 15.0 Å². The summed E-state index contributed by atoms with van der Waals surface area (Å²) < 4.78 is 11.6. The zero-order chi connectivity index (χ0) is 23.3. The van der Waals surface area contributed by atoms with Crippen LogP contribution in [-0.2, 0) is 5.21 Å². The lowest BCUT2D eigenvalue weighted by atomic mass is 9.97. The number of amides is 1. The van der Waals surface area contributed by atoms with E-state index in [-0.39, 0.29) is 6.61 Å². The van der Waals surface area contributed by atoms with Crippen molar-refractivity contribution < 1.29 is 19.5 Å². The van der Waals surface area contributed by atoms with E-state index >= 15 is 0 Å². The highest BCUT2D eigenvalue weighted by Crippen LogP contribution is 2.40. The Hall–Kier alpha value is -3.36. The smallest absolute Gasteiger partial charge is 0.250 e. The molecule has 0 saturated carbocycles. The number of methoxy groups -OCH3 is 1. The first kappa shape index (κ1) is 21.9. The maximum absolute atomic E-state index is 12.6. The van der Waals surface area contributed by atoms with E-state index in [0.29, 0.717) is 28.4 Å². The number of rotatable bonds is 6. The molecule has 1 aliphatic rings. The highest BCUT2D eigenvalue weighted by molar-refractivity contribution is 6.04. The van der Waals surface area contributed by atoms with E-state index in [0.717, 1.165) is 21.7 Å². The van der Waals surface area contributed by atoms with Crippen LogP contribution >= 0.6 is 0 Å². The first-order valence-electron chi connectivity index (χ1n) is 10.3. The molecule has 1 aromatic heterocycles. The van der Waals surface area contributed by atoms with E-state index in [2.05, 4.69) is 9.97 Å². The molecule has 0 atom stereocenters. The Kier molecular flexibility index (Phi) is 5.22. The molecule has 0 saturated heterocycles. The van der Waals surface area contributed by atoms with Crippen LogP contribution in [0.3, 0.4) is 0 Å². The molecule has 1 radical (unpaired) electrons. The van der Waals surface area contributed by atoms with Crippen molar-refractivity contribution in [3.8, 4) is 22.9 Å². The SMILES string of the molecule is COc1cc(-c2nc3c(C(N)=O)cccc3[nH]2)ccc1OCC1=CC(C)(C)N([O])C1(C)C. The highest BCUT2D eigenvalue weighted by atomic mass is 16.5. The van der Waals surface area contributed by atoms with Crippen molar-refractivity contribution in [2.75, 3.05) is 13.7 Å². The van der Waals surface area contributed by atoms with Gasteiger partial charge in [0, 0.05) is 5.56 Å². The molecule has 0 spiro atoms. The standard InChI is InChI=1S/C24H27N4O4/c1-23(2)12-15(24(3,4)28(23)30)13-32-18-10-9-14(11-19(18)31-5)22-26-17-8-6-7-16(21(25)29)20(17)27-22/h6-12H,13H2,1-5H3,(H2,25,29)(H,26,27). The number of fused-ring (bicyclic) bond motifs is 1. The molecule has 32 heavy (non-hydrogen) atoms. The molecule has 2 heterocycles. The van der Waals surface area contributed by atoms with Crippen LogP contribution in [0.5, 0.6) is 11.5 Å². The van der Waals surface area contributed by atoms with Crippen molar-refractivity contribution >= 4 is 16.9 Å². The van der Waals surface area contributed by atoms with Crippen LogP contribution in [0.15, 0.2) is 48.0 Å². The zero-order valence-corrected chi connectivity index (χ0v) is 18.9. The number of nitrogens with zero attached hydrogens (tertiary/aromatic N) is 2. The van der Waals surface area contributed by atoms with Gasteiger partial charge in [-0.3, -0.25) is 4.79 Å². The molecule has 4 rings (SSSR count). The number of nitrogens with one attached hydrogen (secondary N) is 1. The van der Waals surface area contributed by atoms with Gasteiger partial charge in [-0.25, -0.2) is 4.98 Å². The number of carbonyl (C=O) groups excluding carboxylic acids is 1. The molecular weight excluding hydrogens is 408 g/mol. The predicted molar refractivity (Wildman–Crippen MR) is 121 cm³/mol. The van der Waals surface area contributed by atoms with Gasteiger partial charge >= 0.3 is 0 Å². The average Bonchev–Trinajstić information content (AvgIpc) is 3.25. The van der Waals surface area contributed by atoms with E-state index in [1.54, 1.807) is 25.3 Å². The highest BCUT2D eigenvalue weighted by Gasteiger charge is 2.46. The number of H-pyrrole nitrogens is 1. The number of hydrogen-bond donors (Lipinski definition) is 2. The molecule has 0 bridgehead atoms. The van der Waals surface area contributed by atoms with E-state index < -0.39 is 17.0 Å². The number of carbonyl (C=O) groups is 1. The van der Waals surface area contributed by atoms with E-state index in [9.17, 15) is 10.0 Å². The summed E-state index contributed by atoms with van der Waals surface area (Å²) in [6.45, 7) is 7.85. The Morgan fingerprint density at radius 1 is 1.16 bits per heavy atom. The van der Waals surface area contributed by atoms with Gasteiger partial charge in [0.25, 0.3) is 5.91 Å². The normalized spacial score (nSPS) is 17.4. The fourth-order valence-corrected chi connectivity index (χ4v) is 4.19. The van der Waals surface area contributed by atoms with Crippen molar-refractivity contribution in [1.29, 1.82) is 0 Å². The van der Waals surface area contributed by atoms with Crippen molar-refractivity contribution in [2.24, 2.45) is 5.73 Å². The molecule has 8 nitrogen and oxygen atoms in total. The minimum Gasteiger partial charge on any atom is -0.493 e. The van der Waals surface area contributed by atoms with Crippen LogP contribution in [0, 0.1) is 0 Å². The quantitative estimate of drug-likeness (QED) is 0.571. The molecule has 3 N–H and O–H groups in total. The minimum absolute atomic E-state index is 0.275. The number of aromatic amines is 1. The molecule has 0 unspecified atom stereocenters. The Bertz CT molecular complexity index is 1230. The summed E-state index contributed by atoms with van der Waals surface area (Å²) in [5, 5.41) is 13.7. The topological polar surface area (TPSA) is 113 Å². The lowest BCUT2D eigenvalue weighted by molar-refractivity contribution is -0.239. The number of para-hydroxylation sites is 1. The summed E-state index contributed by atoms with van der Waals surface area (Å²) in [7, 11) is 1.57. The molecule has 0 fully saturated rings. The molecule has 0 aliphatic carbocycles. The summed E-state index contributed by atoms with van der Waals surface area (Å²) in [5.74, 6) is 1.15. The first-order chi connectivity index (χ1) is 15.0. The number of benzene rings is 2. The maximum Gasteiger partial charge on any atom is 0.250 e. The Morgan fingerprint density at radius 3 is 2.53 bits per heavy atom. The van der Waals surface area contributed by atoms with E-state index in [1.165, 1.54) is 0 Å². The van der Waals surface area contributed by atoms with Crippen LogP contribution in [0.1, 0.15) is 38.1 Å². The fourth-order valence-electron chi connectivity index (χ4n) is 4.19. The molecular formula is C24H27N4O4. The van der Waals surface area contributed by atoms with Gasteiger partial charge in [-0.05, 0) is 63.6 Å². The third kappa shape index (κ3) is 3.61. The van der Waals surface area contributed by atoms with E-state index in [1.807, 2.05) is 52.0 Å². The molecule has 167 valence electrons. The van der Waals surface area contributed by atoms with Gasteiger partial charge in [0.15, 0.2) is 11.5 Å². The third-order valence-electron chi connectivity index (χ3n) is 5.94. The van der Waals surface area contributed by atoms with Crippen LogP contribution in [-0.4, -0.2) is 45.7 Å². The van der Waals surface area contributed by atoms with Gasteiger partial charge in [0.2, 0.25) is 0 Å². The monoisotopic (exact) mass is 435 g/mol. The van der Waals surface area contributed by atoms with Crippen molar-refractivity contribution in [2.45, 2.75) is 38.8 Å². The zero-order valence-electron chi connectivity index (χ0n) is 18.9. The second kappa shape index (κ2) is 7.65. The first-order valence-corrected chi connectivity index (χ1v) is 10.3. The number of nitrogens with two attached hydrogens (primary N) is 1. The molecule has 1 aliphatic heterocycles. The molecule has 8 heteroatoms. The second-order valence-corrected chi connectivity index (χ2v) is 8.98. The second-order valence-electron chi connectivity index (χ2n) is 8.98. The summed E-state index contributed by atoms with van der Waals surface area (Å²) in [6.07, 6.45) is 1.96. The third-order valence-corrected chi connectivity index (χ3v) is 5.94. The van der Waals surface area contributed by atoms with Gasteiger partial charge in [-0.1, -0.05) is 12.1 Å². The minimum atomic E-state index is -0.650. The van der Waals surface area contributed by atoms with Crippen LogP contribution in [0.25, 0.3) is 22.4 Å². The molecule has 3 aromatic rings. The van der Waals surface area contributed by atoms with Crippen molar-refractivity contribution in [3.05, 3.63) is 53.6 Å². The molecule has 1 amide bonds. The summed E-state index contributed by atoms with van der Waals surface area (Å²) >= 11 is 0. The Balaban J connectivity index is 1.61. The van der Waals surface area contributed by atoms with Crippen molar-refractivity contribution in [3.63, 3.8) is 0 Å². The predicted octanol–water partition coefficient (Wildman–Crippen LogP) is 3.86.